The van der Waals surface area contributed by atoms with Gasteiger partial charge in [-0.1, -0.05) is 0 Å². The van der Waals surface area contributed by atoms with Crippen molar-refractivity contribution < 1.29 is 8.42 Å². The van der Waals surface area contributed by atoms with Gasteiger partial charge in [-0.05, 0) is 19.9 Å². The molecule has 1 fully saturated rings. The molecule has 15 heavy (non-hydrogen) atoms. The zero-order chi connectivity index (χ0) is 10.9. The average molecular weight is 227 g/mol. The third kappa shape index (κ3) is 1.87. The number of aryl methyl sites for hydroxylation is 1. The highest BCUT2D eigenvalue weighted by molar-refractivity contribution is 7.92. The Bertz CT molecular complexity index is 452. The fourth-order valence-electron chi connectivity index (χ4n) is 1.73. The molecule has 82 valence electrons. The first kappa shape index (κ1) is 10.5. The molecule has 1 saturated heterocycles. The van der Waals surface area contributed by atoms with Crippen LogP contribution in [0.3, 0.4) is 0 Å². The van der Waals surface area contributed by atoms with Gasteiger partial charge in [0, 0.05) is 18.9 Å². The third-order valence-corrected chi connectivity index (χ3v) is 4.78. The van der Waals surface area contributed by atoms with Crippen molar-refractivity contribution in [2.24, 2.45) is 0 Å². The summed E-state index contributed by atoms with van der Waals surface area (Å²) < 4.78 is 24.2. The minimum absolute atomic E-state index is 0.124. The normalized spacial score (nSPS) is 21.8. The molecule has 2 heterocycles. The maximum Gasteiger partial charge on any atom is 0.201 e. The summed E-state index contributed by atoms with van der Waals surface area (Å²) in [7, 11) is -3.31. The number of rotatable bonds is 2. The molecule has 2 rings (SSSR count). The van der Waals surface area contributed by atoms with E-state index in [4.69, 9.17) is 0 Å². The Balaban J connectivity index is 2.41. The van der Waals surface area contributed by atoms with E-state index in [2.05, 4.69) is 15.3 Å². The Morgan fingerprint density at radius 2 is 2.13 bits per heavy atom. The highest BCUT2D eigenvalue weighted by Crippen LogP contribution is 2.19. The first-order valence-electron chi connectivity index (χ1n) is 4.84. The van der Waals surface area contributed by atoms with E-state index < -0.39 is 9.84 Å². The van der Waals surface area contributed by atoms with Crippen LogP contribution in [0.4, 0.5) is 0 Å². The van der Waals surface area contributed by atoms with Crippen molar-refractivity contribution in [2.75, 3.05) is 13.1 Å². The summed E-state index contributed by atoms with van der Waals surface area (Å²) in [5.74, 6) is 0. The van der Waals surface area contributed by atoms with E-state index in [9.17, 15) is 8.42 Å². The minimum Gasteiger partial charge on any atom is -0.315 e. The summed E-state index contributed by atoms with van der Waals surface area (Å²) >= 11 is 0. The molecule has 1 N–H and O–H groups in total. The third-order valence-electron chi connectivity index (χ3n) is 2.56. The van der Waals surface area contributed by atoms with E-state index in [1.165, 1.54) is 12.4 Å². The second kappa shape index (κ2) is 3.86. The van der Waals surface area contributed by atoms with Crippen molar-refractivity contribution in [1.29, 1.82) is 0 Å². The molecule has 1 aliphatic rings. The van der Waals surface area contributed by atoms with E-state index in [-0.39, 0.29) is 10.3 Å². The van der Waals surface area contributed by atoms with Crippen LogP contribution in [0.5, 0.6) is 0 Å². The molecule has 0 amide bonds. The van der Waals surface area contributed by atoms with E-state index in [0.29, 0.717) is 18.7 Å². The molecule has 1 aliphatic heterocycles. The van der Waals surface area contributed by atoms with Gasteiger partial charge >= 0.3 is 0 Å². The molecule has 6 heteroatoms. The zero-order valence-electron chi connectivity index (χ0n) is 8.47. The van der Waals surface area contributed by atoms with Crippen molar-refractivity contribution in [3.8, 4) is 0 Å². The Kier molecular flexibility index (Phi) is 2.70. The molecular formula is C9H13N3O2S. The lowest BCUT2D eigenvalue weighted by molar-refractivity contribution is 0.577. The Morgan fingerprint density at radius 3 is 2.73 bits per heavy atom. The molecular weight excluding hydrogens is 214 g/mol. The number of hydrogen-bond acceptors (Lipinski definition) is 5. The number of nitrogens with one attached hydrogen (secondary N) is 1. The molecule has 0 spiro atoms. The van der Waals surface area contributed by atoms with Crippen LogP contribution in [0, 0.1) is 6.92 Å². The molecule has 5 nitrogen and oxygen atoms in total. The molecule has 0 saturated carbocycles. The molecule has 1 aromatic rings. The topological polar surface area (TPSA) is 72.0 Å². The van der Waals surface area contributed by atoms with E-state index in [1.54, 1.807) is 6.92 Å². The molecule has 0 bridgehead atoms. The largest absolute Gasteiger partial charge is 0.315 e. The van der Waals surface area contributed by atoms with Gasteiger partial charge in [-0.2, -0.15) is 0 Å². The maximum absolute atomic E-state index is 12.1. The van der Waals surface area contributed by atoms with Gasteiger partial charge in [0.25, 0.3) is 0 Å². The van der Waals surface area contributed by atoms with E-state index in [0.717, 1.165) is 6.54 Å². The highest BCUT2D eigenvalue weighted by Gasteiger charge is 2.32. The van der Waals surface area contributed by atoms with Gasteiger partial charge in [0.2, 0.25) is 9.84 Å². The van der Waals surface area contributed by atoms with Crippen LogP contribution in [0.2, 0.25) is 0 Å². The van der Waals surface area contributed by atoms with Crippen LogP contribution in [-0.2, 0) is 9.84 Å². The lowest BCUT2D eigenvalue weighted by Gasteiger charge is -2.10. The summed E-state index contributed by atoms with van der Waals surface area (Å²) in [5, 5.41) is 2.81. The number of hydrogen-bond donors (Lipinski definition) is 1. The fourth-order valence-corrected chi connectivity index (χ4v) is 3.48. The van der Waals surface area contributed by atoms with Crippen molar-refractivity contribution in [3.63, 3.8) is 0 Å². The second-order valence-electron chi connectivity index (χ2n) is 3.61. The second-order valence-corrected chi connectivity index (χ2v) is 5.75. The Morgan fingerprint density at radius 1 is 1.40 bits per heavy atom. The number of aromatic nitrogens is 2. The predicted molar refractivity (Wildman–Crippen MR) is 55.2 cm³/mol. The monoisotopic (exact) mass is 227 g/mol. The van der Waals surface area contributed by atoms with Gasteiger partial charge in [-0.25, -0.2) is 13.4 Å². The SMILES string of the molecule is Cc1nccnc1S(=O)(=O)[C@@H]1CCNC1. The molecule has 0 aromatic carbocycles. The van der Waals surface area contributed by atoms with Crippen LogP contribution in [-0.4, -0.2) is 36.7 Å². The first-order valence-corrected chi connectivity index (χ1v) is 6.39. The van der Waals surface area contributed by atoms with Crippen LogP contribution < -0.4 is 5.32 Å². The van der Waals surface area contributed by atoms with Crippen molar-refractivity contribution >= 4 is 9.84 Å². The molecule has 1 aromatic heterocycles. The molecule has 0 radical (unpaired) electrons. The van der Waals surface area contributed by atoms with Crippen LogP contribution in [0.15, 0.2) is 17.4 Å². The number of nitrogens with zero attached hydrogens (tertiary/aromatic N) is 2. The standard InChI is InChI=1S/C9H13N3O2S/c1-7-9(12-5-4-11-7)15(13,14)8-2-3-10-6-8/h4-5,8,10H,2-3,6H2,1H3/t8-/m1/s1. The van der Waals surface area contributed by atoms with Gasteiger partial charge in [0.05, 0.1) is 10.9 Å². The summed E-state index contributed by atoms with van der Waals surface area (Å²) in [6.45, 7) is 2.93. The number of sulfone groups is 1. The lowest BCUT2D eigenvalue weighted by Crippen LogP contribution is -2.25. The fraction of sp³-hybridized carbons (Fsp3) is 0.556. The van der Waals surface area contributed by atoms with Crippen LogP contribution >= 0.6 is 0 Å². The van der Waals surface area contributed by atoms with Gasteiger partial charge in [0.15, 0.2) is 5.03 Å². The maximum atomic E-state index is 12.1. The summed E-state index contributed by atoms with van der Waals surface area (Å²) in [6, 6.07) is 0. The van der Waals surface area contributed by atoms with Crippen molar-refractivity contribution in [2.45, 2.75) is 23.6 Å². The van der Waals surface area contributed by atoms with Gasteiger partial charge in [-0.15, -0.1) is 0 Å². The van der Waals surface area contributed by atoms with E-state index in [1.807, 2.05) is 0 Å². The Labute approximate surface area is 88.9 Å². The van der Waals surface area contributed by atoms with E-state index >= 15 is 0 Å². The van der Waals surface area contributed by atoms with Crippen molar-refractivity contribution in [3.05, 3.63) is 18.1 Å². The highest BCUT2D eigenvalue weighted by atomic mass is 32.2. The summed E-state index contributed by atoms with van der Waals surface area (Å²) in [6.07, 6.45) is 3.57. The summed E-state index contributed by atoms with van der Waals surface area (Å²) in [4.78, 5) is 7.87. The predicted octanol–water partition coefficient (Wildman–Crippen LogP) is -0.0794. The lowest BCUT2D eigenvalue weighted by atomic mass is 10.4. The van der Waals surface area contributed by atoms with Gasteiger partial charge < -0.3 is 5.32 Å². The molecule has 0 unspecified atom stereocenters. The Hall–Kier alpha value is -1.01. The quantitative estimate of drug-likeness (QED) is 0.765. The average Bonchev–Trinajstić information content (AvgIpc) is 2.71. The minimum atomic E-state index is -3.31. The van der Waals surface area contributed by atoms with Crippen LogP contribution in [0.1, 0.15) is 12.1 Å². The zero-order valence-corrected chi connectivity index (χ0v) is 9.29. The smallest absolute Gasteiger partial charge is 0.201 e. The summed E-state index contributed by atoms with van der Waals surface area (Å²) in [5.41, 5.74) is 0.476. The van der Waals surface area contributed by atoms with Gasteiger partial charge in [0.1, 0.15) is 0 Å². The van der Waals surface area contributed by atoms with Crippen LogP contribution in [0.25, 0.3) is 0 Å². The first-order chi connectivity index (χ1) is 7.12. The van der Waals surface area contributed by atoms with Crippen molar-refractivity contribution in [1.82, 2.24) is 15.3 Å². The molecule has 0 aliphatic carbocycles. The molecule has 1 atom stereocenters. The van der Waals surface area contributed by atoms with Gasteiger partial charge in [-0.3, -0.25) is 4.98 Å².